The zero-order chi connectivity index (χ0) is 61.3. The number of aliphatic hydroxyl groups excluding tert-OH is 2. The minimum Gasteiger partial charge on any atom is -0.466 e. The van der Waals surface area contributed by atoms with Gasteiger partial charge in [0.05, 0.1) is 25.4 Å². The molecule has 0 aromatic heterocycles. The summed E-state index contributed by atoms with van der Waals surface area (Å²) in [6.45, 7) is 5.02. The number of hydrogen-bond acceptors (Lipinski definition) is 5. The van der Waals surface area contributed by atoms with Gasteiger partial charge in [-0.3, -0.25) is 9.59 Å². The van der Waals surface area contributed by atoms with Crippen LogP contribution in [0, 0.1) is 0 Å². The van der Waals surface area contributed by atoms with E-state index in [1.807, 2.05) is 0 Å². The minimum absolute atomic E-state index is 0.0245. The summed E-state index contributed by atoms with van der Waals surface area (Å²) in [5.41, 5.74) is 0. The lowest BCUT2D eigenvalue weighted by Gasteiger charge is -2.22. The highest BCUT2D eigenvalue weighted by molar-refractivity contribution is 5.76. The van der Waals surface area contributed by atoms with Crippen molar-refractivity contribution in [3.8, 4) is 0 Å². The number of aliphatic hydroxyl groups is 2. The molecule has 1 amide bonds. The molecule has 508 valence electrons. The van der Waals surface area contributed by atoms with Gasteiger partial charge in [0.1, 0.15) is 0 Å². The number of ether oxygens (including phenoxy) is 1. The Hall–Kier alpha value is -1.14. The van der Waals surface area contributed by atoms with Crippen LogP contribution in [0.5, 0.6) is 0 Å². The van der Waals surface area contributed by atoms with Gasteiger partial charge < -0.3 is 20.3 Å². The van der Waals surface area contributed by atoms with Crippen molar-refractivity contribution >= 4 is 11.9 Å². The molecule has 0 rings (SSSR count). The summed E-state index contributed by atoms with van der Waals surface area (Å²) in [5.74, 6) is 0.00216. The topological polar surface area (TPSA) is 95.9 Å². The molecule has 6 heteroatoms. The van der Waals surface area contributed by atoms with Crippen molar-refractivity contribution < 1.29 is 24.5 Å². The number of nitrogens with one attached hydrogen (secondary N) is 1. The standard InChI is InChI=1S/C79H157NO5/c1-3-5-7-9-11-13-15-17-19-21-37-40-43-47-51-55-59-63-67-71-77(82)76(75-81)80-78(83)72-68-64-60-56-52-48-44-41-38-35-33-31-29-27-25-23-22-24-26-28-30-32-34-36-39-42-46-50-54-58-62-66-70-74-85-79(84)73-69-65-61-57-53-49-45-20-18-16-14-12-10-8-6-4-2/h76-77,81-82H,3-75H2,1-2H3,(H,80,83). The van der Waals surface area contributed by atoms with Gasteiger partial charge >= 0.3 is 5.97 Å². The fraction of sp³-hybridized carbons (Fsp3) is 0.975. The summed E-state index contributed by atoms with van der Waals surface area (Å²) in [6.07, 6.45) is 93.4. The van der Waals surface area contributed by atoms with Crippen LogP contribution in [0.3, 0.4) is 0 Å². The molecule has 0 fully saturated rings. The first-order chi connectivity index (χ1) is 42.0. The second-order valence-corrected chi connectivity index (χ2v) is 27.8. The summed E-state index contributed by atoms with van der Waals surface area (Å²) >= 11 is 0. The van der Waals surface area contributed by atoms with Crippen molar-refractivity contribution in [3.05, 3.63) is 0 Å². The van der Waals surface area contributed by atoms with Crippen LogP contribution in [-0.2, 0) is 14.3 Å². The SMILES string of the molecule is CCCCCCCCCCCCCCCCCCCCCC(O)C(CO)NC(=O)CCCCCCCCCCCCCCCCCCCCCCCCCCCCCCCCCCCOC(=O)CCCCCCCCCCCCCCCCCC. The van der Waals surface area contributed by atoms with E-state index in [0.717, 1.165) is 38.5 Å². The lowest BCUT2D eigenvalue weighted by atomic mass is 10.0. The van der Waals surface area contributed by atoms with E-state index in [2.05, 4.69) is 19.2 Å². The van der Waals surface area contributed by atoms with Crippen molar-refractivity contribution in [3.63, 3.8) is 0 Å². The Kier molecular flexibility index (Phi) is 74.3. The molecule has 0 aliphatic carbocycles. The molecule has 0 heterocycles. The highest BCUT2D eigenvalue weighted by Crippen LogP contribution is 2.21. The van der Waals surface area contributed by atoms with E-state index in [1.54, 1.807) is 0 Å². The van der Waals surface area contributed by atoms with Crippen molar-refractivity contribution in [1.29, 1.82) is 0 Å². The highest BCUT2D eigenvalue weighted by atomic mass is 16.5. The maximum absolute atomic E-state index is 12.6. The Balaban J connectivity index is 3.30. The maximum atomic E-state index is 12.6. The molecular weight excluding hydrogens is 1040 g/mol. The number of rotatable bonds is 76. The van der Waals surface area contributed by atoms with E-state index in [4.69, 9.17) is 4.74 Å². The van der Waals surface area contributed by atoms with Crippen LogP contribution in [0.15, 0.2) is 0 Å². The molecule has 6 nitrogen and oxygen atoms in total. The van der Waals surface area contributed by atoms with Crippen LogP contribution in [0.1, 0.15) is 470 Å². The second kappa shape index (κ2) is 75.3. The van der Waals surface area contributed by atoms with Gasteiger partial charge in [-0.15, -0.1) is 0 Å². The van der Waals surface area contributed by atoms with Gasteiger partial charge in [0.25, 0.3) is 0 Å². The molecular formula is C79H157NO5. The van der Waals surface area contributed by atoms with Gasteiger partial charge in [-0.2, -0.15) is 0 Å². The van der Waals surface area contributed by atoms with Gasteiger partial charge in [0.15, 0.2) is 0 Å². The first kappa shape index (κ1) is 83.9. The zero-order valence-corrected chi connectivity index (χ0v) is 58.4. The van der Waals surface area contributed by atoms with Crippen LogP contribution in [-0.4, -0.2) is 47.4 Å². The van der Waals surface area contributed by atoms with Gasteiger partial charge in [0, 0.05) is 12.8 Å². The van der Waals surface area contributed by atoms with Crippen LogP contribution in [0.2, 0.25) is 0 Å². The molecule has 85 heavy (non-hydrogen) atoms. The van der Waals surface area contributed by atoms with Crippen molar-refractivity contribution in [2.24, 2.45) is 0 Å². The van der Waals surface area contributed by atoms with Crippen molar-refractivity contribution in [2.45, 2.75) is 482 Å². The molecule has 0 spiro atoms. The van der Waals surface area contributed by atoms with E-state index in [-0.39, 0.29) is 18.5 Å². The summed E-state index contributed by atoms with van der Waals surface area (Å²) in [4.78, 5) is 24.7. The maximum Gasteiger partial charge on any atom is 0.305 e. The van der Waals surface area contributed by atoms with Gasteiger partial charge in [0.2, 0.25) is 5.91 Å². The van der Waals surface area contributed by atoms with E-state index in [0.29, 0.717) is 25.9 Å². The Morgan fingerprint density at radius 1 is 0.282 bits per heavy atom. The number of unbranched alkanes of at least 4 members (excludes halogenated alkanes) is 65. The molecule has 0 aliphatic heterocycles. The predicted octanol–water partition coefficient (Wildman–Crippen LogP) is 26.1. The van der Waals surface area contributed by atoms with Gasteiger partial charge in [-0.25, -0.2) is 0 Å². The van der Waals surface area contributed by atoms with Crippen LogP contribution < -0.4 is 5.32 Å². The summed E-state index contributed by atoms with van der Waals surface area (Å²) < 4.78 is 5.51. The third-order valence-electron chi connectivity index (χ3n) is 19.2. The lowest BCUT2D eigenvalue weighted by Crippen LogP contribution is -2.45. The summed E-state index contributed by atoms with van der Waals surface area (Å²) in [6, 6.07) is -0.537. The van der Waals surface area contributed by atoms with Crippen LogP contribution >= 0.6 is 0 Å². The van der Waals surface area contributed by atoms with E-state index >= 15 is 0 Å². The fourth-order valence-corrected chi connectivity index (χ4v) is 13.1. The monoisotopic (exact) mass is 1200 g/mol. The molecule has 2 unspecified atom stereocenters. The number of carbonyl (C=O) groups is 2. The lowest BCUT2D eigenvalue weighted by molar-refractivity contribution is -0.143. The number of carbonyl (C=O) groups excluding carboxylic acids is 2. The molecule has 0 bridgehead atoms. The summed E-state index contributed by atoms with van der Waals surface area (Å²) in [7, 11) is 0. The third-order valence-corrected chi connectivity index (χ3v) is 19.2. The fourth-order valence-electron chi connectivity index (χ4n) is 13.1. The average Bonchev–Trinajstić information content (AvgIpc) is 3.50. The first-order valence-electron chi connectivity index (χ1n) is 39.8. The number of esters is 1. The second-order valence-electron chi connectivity index (χ2n) is 27.8. The van der Waals surface area contributed by atoms with Gasteiger partial charge in [-0.1, -0.05) is 431 Å². The third kappa shape index (κ3) is 71.8. The first-order valence-corrected chi connectivity index (χ1v) is 39.8. The average molecular weight is 1200 g/mol. The molecule has 0 radical (unpaired) electrons. The Morgan fingerprint density at radius 3 is 0.718 bits per heavy atom. The molecule has 0 aliphatic rings. The van der Waals surface area contributed by atoms with Crippen molar-refractivity contribution in [2.75, 3.05) is 13.2 Å². The predicted molar refractivity (Wildman–Crippen MR) is 375 cm³/mol. The van der Waals surface area contributed by atoms with E-state index in [9.17, 15) is 19.8 Å². The van der Waals surface area contributed by atoms with Crippen LogP contribution in [0.25, 0.3) is 0 Å². The van der Waals surface area contributed by atoms with Crippen molar-refractivity contribution in [1.82, 2.24) is 5.32 Å². The molecule has 0 aromatic carbocycles. The summed E-state index contributed by atoms with van der Waals surface area (Å²) in [5, 5.41) is 23.4. The van der Waals surface area contributed by atoms with E-state index in [1.165, 1.54) is 398 Å². The van der Waals surface area contributed by atoms with Gasteiger partial charge in [-0.05, 0) is 25.7 Å². The van der Waals surface area contributed by atoms with Crippen LogP contribution in [0.4, 0.5) is 0 Å². The molecule has 3 N–H and O–H groups in total. The van der Waals surface area contributed by atoms with E-state index < -0.39 is 12.1 Å². The smallest absolute Gasteiger partial charge is 0.305 e. The normalized spacial score (nSPS) is 12.4. The Bertz CT molecular complexity index is 1240. The largest absolute Gasteiger partial charge is 0.466 e. The number of hydrogen-bond donors (Lipinski definition) is 3. The minimum atomic E-state index is -0.661. The molecule has 0 aromatic rings. The molecule has 0 saturated carbocycles. The molecule has 0 saturated heterocycles. The zero-order valence-electron chi connectivity index (χ0n) is 58.4. The Labute approximate surface area is 534 Å². The number of amides is 1. The highest BCUT2D eigenvalue weighted by Gasteiger charge is 2.20. The Morgan fingerprint density at radius 2 is 0.482 bits per heavy atom. The quantitative estimate of drug-likeness (QED) is 0.0417. The molecule has 2 atom stereocenters.